The molecule has 1 saturated carbocycles. The summed E-state index contributed by atoms with van der Waals surface area (Å²) < 4.78 is -0.402. The number of rotatable bonds is 9. The third-order valence-corrected chi connectivity index (χ3v) is 7.42. The molecular formula is C20H34BrN5OS. The molecule has 2 heterocycles. The molecule has 8 heteroatoms. The van der Waals surface area contributed by atoms with Crippen LogP contribution in [0.2, 0.25) is 0 Å². The molecule has 2 atom stereocenters. The van der Waals surface area contributed by atoms with Crippen molar-refractivity contribution in [1.29, 1.82) is 0 Å². The largest absolute Gasteiger partial charge is 0.623 e. The van der Waals surface area contributed by atoms with Crippen molar-refractivity contribution in [3.8, 4) is 0 Å². The summed E-state index contributed by atoms with van der Waals surface area (Å²) in [7, 11) is 0. The molecule has 1 aliphatic heterocycles. The first kappa shape index (κ1) is 22.3. The summed E-state index contributed by atoms with van der Waals surface area (Å²) in [5.74, 6) is 0.494. The van der Waals surface area contributed by atoms with Crippen molar-refractivity contribution in [1.82, 2.24) is 25.1 Å². The molecule has 158 valence electrons. The number of aromatic nitrogens is 2. The number of halogens is 1. The van der Waals surface area contributed by atoms with Gasteiger partial charge in [0, 0.05) is 24.3 Å². The molecule has 6 nitrogen and oxygen atoms in total. The van der Waals surface area contributed by atoms with Crippen molar-refractivity contribution in [2.45, 2.75) is 70.4 Å². The van der Waals surface area contributed by atoms with Gasteiger partial charge in [-0.05, 0) is 43.9 Å². The Hall–Kier alpha value is -0.380. The Kier molecular flexibility index (Phi) is 8.87. The van der Waals surface area contributed by atoms with Gasteiger partial charge in [-0.25, -0.2) is 4.90 Å². The summed E-state index contributed by atoms with van der Waals surface area (Å²) in [6.07, 6.45) is 13.8. The normalized spacial score (nSPS) is 27.6. The fourth-order valence-corrected chi connectivity index (χ4v) is 5.84. The zero-order chi connectivity index (χ0) is 19.8. The maximum atomic E-state index is 13.9. The molecule has 2 aliphatic rings. The average Bonchev–Trinajstić information content (AvgIpc) is 3.19. The molecule has 1 aliphatic carbocycles. The number of allylic oxidation sites excluding steroid dienone is 2. The monoisotopic (exact) mass is 471 g/mol. The molecule has 2 fully saturated rings. The zero-order valence-corrected chi connectivity index (χ0v) is 19.4. The standard InChI is InChI=1S/C20H34BrN5OS/c1-2-3-4-9-13-22-18-15-25(14-12-21)16-26(18,27)20-24-23-19(28-20)17-10-7-5-6-8-11-17/h2-3,17-18,22H,4-16H2,1H3. The Morgan fingerprint density at radius 3 is 2.79 bits per heavy atom. The number of hydrogen-bond acceptors (Lipinski definition) is 6. The summed E-state index contributed by atoms with van der Waals surface area (Å²) in [4.78, 5) is 2.23. The van der Waals surface area contributed by atoms with Crippen LogP contribution >= 0.6 is 27.3 Å². The van der Waals surface area contributed by atoms with Crippen LogP contribution in [0.1, 0.15) is 69.2 Å². The van der Waals surface area contributed by atoms with Crippen molar-refractivity contribution in [2.75, 3.05) is 31.6 Å². The number of quaternary nitrogens is 1. The van der Waals surface area contributed by atoms with E-state index in [9.17, 15) is 5.21 Å². The number of nitrogens with one attached hydrogen (secondary N) is 1. The first-order valence-electron chi connectivity index (χ1n) is 10.7. The van der Waals surface area contributed by atoms with E-state index < -0.39 is 4.65 Å². The molecule has 0 radical (unpaired) electrons. The van der Waals surface area contributed by atoms with E-state index in [4.69, 9.17) is 0 Å². The maximum Gasteiger partial charge on any atom is 0.309 e. The molecule has 3 rings (SSSR count). The lowest BCUT2D eigenvalue weighted by Gasteiger charge is -2.39. The van der Waals surface area contributed by atoms with Gasteiger partial charge in [-0.3, -0.25) is 9.96 Å². The Labute approximate surface area is 181 Å². The maximum absolute atomic E-state index is 13.9. The summed E-state index contributed by atoms with van der Waals surface area (Å²) in [6, 6.07) is 0. The van der Waals surface area contributed by atoms with E-state index in [2.05, 4.69) is 48.5 Å². The van der Waals surface area contributed by atoms with E-state index in [0.717, 1.165) is 42.8 Å². The van der Waals surface area contributed by atoms with E-state index in [-0.39, 0.29) is 6.17 Å². The lowest BCUT2D eigenvalue weighted by atomic mass is 10.0. The van der Waals surface area contributed by atoms with Gasteiger partial charge in [0.05, 0.1) is 6.54 Å². The second kappa shape index (κ2) is 11.1. The summed E-state index contributed by atoms with van der Waals surface area (Å²) in [5.41, 5.74) is 0. The lowest BCUT2D eigenvalue weighted by Crippen LogP contribution is -2.56. The predicted octanol–water partition coefficient (Wildman–Crippen LogP) is 4.72. The highest BCUT2D eigenvalue weighted by Crippen LogP contribution is 2.38. The fraction of sp³-hybridized carbons (Fsp3) is 0.800. The van der Waals surface area contributed by atoms with Gasteiger partial charge in [0.25, 0.3) is 0 Å². The third kappa shape index (κ3) is 5.61. The zero-order valence-electron chi connectivity index (χ0n) is 17.0. The minimum atomic E-state index is -0.402. The Bertz CT molecular complexity index is 619. The van der Waals surface area contributed by atoms with Crippen LogP contribution in [0.3, 0.4) is 0 Å². The van der Waals surface area contributed by atoms with E-state index in [0.29, 0.717) is 17.7 Å². The highest BCUT2D eigenvalue weighted by Gasteiger charge is 2.43. The van der Waals surface area contributed by atoms with Crippen LogP contribution in [0.4, 0.5) is 5.13 Å². The second-order valence-electron chi connectivity index (χ2n) is 8.00. The van der Waals surface area contributed by atoms with E-state index in [1.807, 2.05) is 6.92 Å². The van der Waals surface area contributed by atoms with Gasteiger partial charge in [-0.15, -0.1) is 5.10 Å². The van der Waals surface area contributed by atoms with Crippen molar-refractivity contribution < 1.29 is 0 Å². The molecule has 1 aromatic rings. The molecule has 0 spiro atoms. The minimum absolute atomic E-state index is 0.167. The predicted molar refractivity (Wildman–Crippen MR) is 122 cm³/mol. The van der Waals surface area contributed by atoms with Crippen LogP contribution in [-0.4, -0.2) is 52.9 Å². The molecule has 0 amide bonds. The van der Waals surface area contributed by atoms with Crippen molar-refractivity contribution in [3.05, 3.63) is 22.4 Å². The van der Waals surface area contributed by atoms with Gasteiger partial charge >= 0.3 is 5.13 Å². The Morgan fingerprint density at radius 2 is 2.07 bits per heavy atom. The number of unbranched alkanes of at least 4 members (excludes halogenated alkanes) is 1. The van der Waals surface area contributed by atoms with Crippen molar-refractivity contribution in [2.24, 2.45) is 0 Å². The van der Waals surface area contributed by atoms with E-state index >= 15 is 0 Å². The highest BCUT2D eigenvalue weighted by atomic mass is 79.9. The molecule has 1 N–H and O–H groups in total. The summed E-state index contributed by atoms with van der Waals surface area (Å²) in [5, 5.41) is 28.9. The first-order chi connectivity index (χ1) is 13.7. The Balaban J connectivity index is 1.70. The van der Waals surface area contributed by atoms with Crippen LogP contribution in [0.25, 0.3) is 0 Å². The van der Waals surface area contributed by atoms with Crippen LogP contribution in [-0.2, 0) is 0 Å². The smallest absolute Gasteiger partial charge is 0.309 e. The van der Waals surface area contributed by atoms with Gasteiger partial charge in [0.15, 0.2) is 6.17 Å². The minimum Gasteiger partial charge on any atom is -0.623 e. The van der Waals surface area contributed by atoms with Crippen LogP contribution in [0.15, 0.2) is 12.2 Å². The van der Waals surface area contributed by atoms with Crippen LogP contribution < -0.4 is 9.96 Å². The van der Waals surface area contributed by atoms with E-state index in [1.165, 1.54) is 38.5 Å². The number of hydrogen-bond donors (Lipinski definition) is 1. The Morgan fingerprint density at radius 1 is 1.29 bits per heavy atom. The van der Waals surface area contributed by atoms with Gasteiger partial charge in [0.1, 0.15) is 11.7 Å². The fourth-order valence-electron chi connectivity index (χ4n) is 4.24. The van der Waals surface area contributed by atoms with E-state index in [1.54, 1.807) is 11.3 Å². The summed E-state index contributed by atoms with van der Waals surface area (Å²) >= 11 is 5.08. The lowest BCUT2D eigenvalue weighted by molar-refractivity contribution is 0.277. The topological polar surface area (TPSA) is 64.1 Å². The average molecular weight is 472 g/mol. The van der Waals surface area contributed by atoms with Crippen LogP contribution in [0.5, 0.6) is 0 Å². The molecular weight excluding hydrogens is 438 g/mol. The number of alkyl halides is 1. The van der Waals surface area contributed by atoms with Gasteiger partial charge in [-0.2, -0.15) is 0 Å². The molecule has 2 unspecified atom stereocenters. The molecule has 1 aromatic heterocycles. The SMILES string of the molecule is CC=CCCCNC1CN(CCBr)C[N+]1([O-])c1nnc(C2CCCCCC2)s1. The van der Waals surface area contributed by atoms with Crippen LogP contribution in [0, 0.1) is 5.21 Å². The second-order valence-corrected chi connectivity index (χ2v) is 9.78. The van der Waals surface area contributed by atoms with Gasteiger partial charge < -0.3 is 5.21 Å². The third-order valence-electron chi connectivity index (χ3n) is 5.87. The number of nitrogens with zero attached hydrogens (tertiary/aromatic N) is 4. The van der Waals surface area contributed by atoms with Gasteiger partial charge in [0.2, 0.25) is 0 Å². The quantitative estimate of drug-likeness (QED) is 0.141. The first-order valence-corrected chi connectivity index (χ1v) is 12.7. The summed E-state index contributed by atoms with van der Waals surface area (Å²) in [6.45, 7) is 5.00. The molecule has 28 heavy (non-hydrogen) atoms. The van der Waals surface area contributed by atoms with Crippen molar-refractivity contribution >= 4 is 32.4 Å². The van der Waals surface area contributed by atoms with Gasteiger partial charge in [-0.1, -0.05) is 58.9 Å². The molecule has 0 aromatic carbocycles. The molecule has 1 saturated heterocycles. The molecule has 0 bridgehead atoms. The van der Waals surface area contributed by atoms with Crippen molar-refractivity contribution in [3.63, 3.8) is 0 Å². The highest BCUT2D eigenvalue weighted by molar-refractivity contribution is 9.09. The number of hydroxylamine groups is 2.